The molecule has 0 saturated heterocycles. The molecule has 1 aromatic carbocycles. The van der Waals surface area contributed by atoms with Crippen molar-refractivity contribution < 1.29 is 9.13 Å². The molecule has 0 heterocycles. The molecule has 1 aliphatic rings. The van der Waals surface area contributed by atoms with E-state index in [2.05, 4.69) is 21.2 Å². The van der Waals surface area contributed by atoms with E-state index < -0.39 is 0 Å². The second-order valence-corrected chi connectivity index (χ2v) is 6.76. The van der Waals surface area contributed by atoms with Crippen LogP contribution in [0, 0.1) is 5.82 Å². The average molecular weight is 358 g/mol. The second-order valence-electron chi connectivity index (χ2n) is 5.84. The fourth-order valence-corrected chi connectivity index (χ4v) is 3.91. The third kappa shape index (κ3) is 4.05. The Morgan fingerprint density at radius 3 is 2.67 bits per heavy atom. The predicted molar refractivity (Wildman–Crippen MR) is 88.1 cm³/mol. The quantitative estimate of drug-likeness (QED) is 0.811. The molecule has 0 aliphatic heterocycles. The van der Waals surface area contributed by atoms with Crippen LogP contribution in [0.1, 0.15) is 44.6 Å². The standard InChI is InChI=1S/C17H25BrFNO/c1-3-21-17(9-5-4-6-10-17)16(20-2)12-13-11-14(18)7-8-15(13)19/h7-8,11,16,20H,3-6,9-10,12H2,1-2H3. The van der Waals surface area contributed by atoms with Gasteiger partial charge in [-0.15, -0.1) is 0 Å². The van der Waals surface area contributed by atoms with Crippen LogP contribution in [0.4, 0.5) is 4.39 Å². The molecule has 0 radical (unpaired) electrons. The Labute approximate surface area is 135 Å². The van der Waals surface area contributed by atoms with Gasteiger partial charge in [0.2, 0.25) is 0 Å². The van der Waals surface area contributed by atoms with E-state index in [-0.39, 0.29) is 17.5 Å². The van der Waals surface area contributed by atoms with Gasteiger partial charge in [-0.3, -0.25) is 0 Å². The van der Waals surface area contributed by atoms with Crippen molar-refractivity contribution in [2.75, 3.05) is 13.7 Å². The number of rotatable bonds is 6. The molecule has 21 heavy (non-hydrogen) atoms. The molecule has 1 N–H and O–H groups in total. The van der Waals surface area contributed by atoms with Crippen molar-refractivity contribution in [1.82, 2.24) is 5.32 Å². The summed E-state index contributed by atoms with van der Waals surface area (Å²) < 4.78 is 21.1. The van der Waals surface area contributed by atoms with Gasteiger partial charge in [0.1, 0.15) is 5.82 Å². The summed E-state index contributed by atoms with van der Waals surface area (Å²) in [5.41, 5.74) is 0.588. The Morgan fingerprint density at radius 2 is 2.05 bits per heavy atom. The Bertz CT molecular complexity index is 455. The topological polar surface area (TPSA) is 21.3 Å². The van der Waals surface area contributed by atoms with Crippen molar-refractivity contribution in [2.24, 2.45) is 0 Å². The number of nitrogens with one attached hydrogen (secondary N) is 1. The Morgan fingerprint density at radius 1 is 1.33 bits per heavy atom. The molecule has 1 aliphatic carbocycles. The maximum Gasteiger partial charge on any atom is 0.126 e. The van der Waals surface area contributed by atoms with Gasteiger partial charge in [-0.1, -0.05) is 35.2 Å². The van der Waals surface area contributed by atoms with Gasteiger partial charge >= 0.3 is 0 Å². The summed E-state index contributed by atoms with van der Waals surface area (Å²) in [5, 5.41) is 3.39. The van der Waals surface area contributed by atoms with E-state index in [1.165, 1.54) is 25.3 Å². The molecule has 0 aromatic heterocycles. The molecule has 1 aromatic rings. The summed E-state index contributed by atoms with van der Waals surface area (Å²) >= 11 is 3.43. The number of ether oxygens (including phenoxy) is 1. The number of likely N-dealkylation sites (N-methyl/N-ethyl adjacent to an activating group) is 1. The predicted octanol–water partition coefficient (Wildman–Crippen LogP) is 4.46. The van der Waals surface area contributed by atoms with E-state index in [0.29, 0.717) is 13.0 Å². The van der Waals surface area contributed by atoms with E-state index in [0.717, 1.165) is 22.9 Å². The van der Waals surface area contributed by atoms with Gasteiger partial charge in [-0.05, 0) is 57.0 Å². The second kappa shape index (κ2) is 7.70. The van der Waals surface area contributed by atoms with Gasteiger partial charge in [-0.25, -0.2) is 4.39 Å². The zero-order valence-corrected chi connectivity index (χ0v) is 14.5. The van der Waals surface area contributed by atoms with Gasteiger partial charge in [0.15, 0.2) is 0 Å². The minimum atomic E-state index is -0.156. The highest BCUT2D eigenvalue weighted by Crippen LogP contribution is 2.36. The van der Waals surface area contributed by atoms with E-state index in [4.69, 9.17) is 4.74 Å². The van der Waals surface area contributed by atoms with Gasteiger partial charge in [0.25, 0.3) is 0 Å². The smallest absolute Gasteiger partial charge is 0.126 e. The van der Waals surface area contributed by atoms with Crippen LogP contribution in [0.3, 0.4) is 0 Å². The maximum atomic E-state index is 14.1. The molecule has 0 spiro atoms. The first kappa shape index (κ1) is 16.9. The van der Waals surface area contributed by atoms with E-state index in [1.807, 2.05) is 20.0 Å². The van der Waals surface area contributed by atoms with Crippen molar-refractivity contribution in [3.63, 3.8) is 0 Å². The lowest BCUT2D eigenvalue weighted by atomic mass is 9.77. The largest absolute Gasteiger partial charge is 0.374 e. The molecule has 0 amide bonds. The van der Waals surface area contributed by atoms with Crippen LogP contribution in [0.5, 0.6) is 0 Å². The fourth-order valence-electron chi connectivity index (χ4n) is 3.50. The van der Waals surface area contributed by atoms with Crippen LogP contribution >= 0.6 is 15.9 Å². The molecule has 2 rings (SSSR count). The first-order chi connectivity index (χ1) is 10.1. The molecule has 1 unspecified atom stereocenters. The Kier molecular flexibility index (Phi) is 6.20. The lowest BCUT2D eigenvalue weighted by molar-refractivity contribution is -0.0884. The van der Waals surface area contributed by atoms with Gasteiger partial charge < -0.3 is 10.1 Å². The van der Waals surface area contributed by atoms with Crippen LogP contribution in [0.25, 0.3) is 0 Å². The molecule has 4 heteroatoms. The lowest BCUT2D eigenvalue weighted by Gasteiger charge is -2.43. The third-order valence-corrected chi connectivity index (χ3v) is 5.04. The summed E-state index contributed by atoms with van der Waals surface area (Å²) in [5.74, 6) is -0.138. The number of halogens is 2. The van der Waals surface area contributed by atoms with Crippen LogP contribution in [0.15, 0.2) is 22.7 Å². The SMILES string of the molecule is CCOC1(C(Cc2cc(Br)ccc2F)NC)CCCCC1. The Hall–Kier alpha value is -0.450. The lowest BCUT2D eigenvalue weighted by Crippen LogP contribution is -2.54. The summed E-state index contributed by atoms with van der Waals surface area (Å²) in [7, 11) is 1.95. The Balaban J connectivity index is 2.22. The van der Waals surface area contributed by atoms with Crippen molar-refractivity contribution in [2.45, 2.75) is 57.1 Å². The number of hydrogen-bond acceptors (Lipinski definition) is 2. The molecule has 1 atom stereocenters. The third-order valence-electron chi connectivity index (χ3n) is 4.55. The molecular formula is C17H25BrFNO. The normalized spacial score (nSPS) is 19.4. The summed E-state index contributed by atoms with van der Waals surface area (Å²) in [6.45, 7) is 2.75. The fraction of sp³-hybridized carbons (Fsp3) is 0.647. The molecule has 1 saturated carbocycles. The van der Waals surface area contributed by atoms with Gasteiger partial charge in [0.05, 0.1) is 5.60 Å². The molecular weight excluding hydrogens is 333 g/mol. The number of hydrogen-bond donors (Lipinski definition) is 1. The van der Waals surface area contributed by atoms with E-state index in [1.54, 1.807) is 6.07 Å². The zero-order chi connectivity index (χ0) is 15.3. The summed E-state index contributed by atoms with van der Waals surface area (Å²) in [6, 6.07) is 5.29. The minimum Gasteiger partial charge on any atom is -0.374 e. The van der Waals surface area contributed by atoms with E-state index in [9.17, 15) is 4.39 Å². The van der Waals surface area contributed by atoms with E-state index >= 15 is 0 Å². The first-order valence-electron chi connectivity index (χ1n) is 7.86. The van der Waals surface area contributed by atoms with Crippen molar-refractivity contribution in [3.8, 4) is 0 Å². The monoisotopic (exact) mass is 357 g/mol. The highest BCUT2D eigenvalue weighted by atomic mass is 79.9. The average Bonchev–Trinajstić information content (AvgIpc) is 2.49. The molecule has 2 nitrogen and oxygen atoms in total. The van der Waals surface area contributed by atoms with Crippen LogP contribution in [0.2, 0.25) is 0 Å². The van der Waals surface area contributed by atoms with Crippen LogP contribution < -0.4 is 5.32 Å². The summed E-state index contributed by atoms with van der Waals surface area (Å²) in [6.07, 6.45) is 6.43. The first-order valence-corrected chi connectivity index (χ1v) is 8.66. The molecule has 1 fully saturated rings. The highest BCUT2D eigenvalue weighted by Gasteiger charge is 2.40. The molecule has 0 bridgehead atoms. The summed E-state index contributed by atoms with van der Waals surface area (Å²) in [4.78, 5) is 0. The molecule has 118 valence electrons. The van der Waals surface area contributed by atoms with Crippen LogP contribution in [-0.4, -0.2) is 25.3 Å². The van der Waals surface area contributed by atoms with Crippen molar-refractivity contribution in [3.05, 3.63) is 34.1 Å². The van der Waals surface area contributed by atoms with Gasteiger partial charge in [0, 0.05) is 17.1 Å². The van der Waals surface area contributed by atoms with Crippen molar-refractivity contribution >= 4 is 15.9 Å². The minimum absolute atomic E-state index is 0.138. The number of benzene rings is 1. The van der Waals surface area contributed by atoms with Gasteiger partial charge in [-0.2, -0.15) is 0 Å². The van der Waals surface area contributed by atoms with Crippen LogP contribution in [-0.2, 0) is 11.2 Å². The van der Waals surface area contributed by atoms with Crippen molar-refractivity contribution in [1.29, 1.82) is 0 Å². The zero-order valence-electron chi connectivity index (χ0n) is 12.9. The highest BCUT2D eigenvalue weighted by molar-refractivity contribution is 9.10. The maximum absolute atomic E-state index is 14.1.